The van der Waals surface area contributed by atoms with Crippen molar-refractivity contribution in [1.82, 2.24) is 16.0 Å². The van der Waals surface area contributed by atoms with E-state index in [0.29, 0.717) is 0 Å². The van der Waals surface area contributed by atoms with Crippen molar-refractivity contribution in [3.05, 3.63) is 0 Å². The Balaban J connectivity index is 1.21. The Hall–Kier alpha value is -3.28. The Morgan fingerprint density at radius 3 is 1.48 bits per heavy atom. The molecule has 3 amide bonds. The van der Waals surface area contributed by atoms with Crippen molar-refractivity contribution in [3.63, 3.8) is 0 Å². The van der Waals surface area contributed by atoms with Crippen molar-refractivity contribution in [2.24, 2.45) is 0 Å². The normalized spacial score (nSPS) is 46.3. The highest BCUT2D eigenvalue weighted by molar-refractivity contribution is 5.77. The maximum atomic E-state index is 13.0. The summed E-state index contributed by atoms with van der Waals surface area (Å²) in [6, 6.07) is -5.22. The van der Waals surface area contributed by atoms with Crippen LogP contribution in [0.4, 0.5) is 0 Å². The minimum atomic E-state index is -3.21. The average Bonchev–Trinajstić information content (AvgIpc) is 2.10. The van der Waals surface area contributed by atoms with Crippen LogP contribution in [0.3, 0.4) is 0 Å². The van der Waals surface area contributed by atoms with Gasteiger partial charge in [0.15, 0.2) is 31.5 Å². The number of carboxylic acids is 1. The zero-order valence-corrected chi connectivity index (χ0v) is 43.9. The van der Waals surface area contributed by atoms with Crippen molar-refractivity contribution >= 4 is 23.7 Å². The molecule has 0 radical (unpaired) electrons. The molecule has 474 valence electrons. The third kappa shape index (κ3) is 14.7. The zero-order chi connectivity index (χ0) is 61.0. The highest BCUT2D eigenvalue weighted by atomic mass is 16.8. The molecule has 37 heteroatoms. The third-order valence-electron chi connectivity index (χ3n) is 14.6. The van der Waals surface area contributed by atoms with Crippen molar-refractivity contribution < 1.29 is 168 Å². The third-order valence-corrected chi connectivity index (χ3v) is 14.6. The molecule has 0 aromatic carbocycles. The van der Waals surface area contributed by atoms with Gasteiger partial charge < -0.3 is 165 Å². The number of amides is 3. The molecule has 82 heavy (non-hydrogen) atoms. The molecule has 1 unspecified atom stereocenters. The molecule has 37 nitrogen and oxygen atoms in total. The number of carbonyl (C=O) groups excluding carboxylic acids is 3. The predicted molar refractivity (Wildman–Crippen MR) is 251 cm³/mol. The average molecular weight is 1200 g/mol. The van der Waals surface area contributed by atoms with Crippen molar-refractivity contribution in [3.8, 4) is 0 Å². The minimum Gasteiger partial charge on any atom is -0.477 e. The van der Waals surface area contributed by atoms with Crippen LogP contribution in [0.25, 0.3) is 0 Å². The van der Waals surface area contributed by atoms with Gasteiger partial charge in [0.25, 0.3) is 5.79 Å². The molecule has 0 aromatic rings. The van der Waals surface area contributed by atoms with Gasteiger partial charge in [-0.3, -0.25) is 14.4 Å². The van der Waals surface area contributed by atoms with Crippen LogP contribution >= 0.6 is 0 Å². The number of rotatable bonds is 22. The second-order valence-electron chi connectivity index (χ2n) is 20.4. The molecule has 0 aromatic heterocycles. The molecule has 6 saturated heterocycles. The lowest BCUT2D eigenvalue weighted by Crippen LogP contribution is -2.71. The standard InChI is InChI=1S/C45H75N3O34/c1-11(54)46-21-14(57)4-45(44(70)71,81-36(21)24(59)15(58)5-49)82-38-27(62)18(8-52)76-43(33(38)68)79-35-23(48-13(3)56)39(69)73-20(28(35)63)10-72-40-22(47-12(2)55)29(64)34(19(9-53)77-40)78-42-32(67)37(26(61)17(7-51)75-42)80-41-31(66)30(65)25(60)16(6-50)74-41/h14-43,49-53,57-69H,4-10H2,1-3H3,(H,46,54)(H,47,55)(H,48,56)(H,70,71)/t14-,15+,16+,17+,18+,19+,20+,21+,22+,23+,24+,25-,26-,27-,28-,29+,30-,31+,32+,33+,34-,35+,36+,37-,38-,39?,40+,41+,42-,43-,45-/m0/s1. The van der Waals surface area contributed by atoms with E-state index in [9.17, 15) is 116 Å². The van der Waals surface area contributed by atoms with Gasteiger partial charge in [-0.1, -0.05) is 0 Å². The Bertz CT molecular complexity index is 2090. The topological polar surface area (TPSA) is 590 Å². The van der Waals surface area contributed by atoms with Gasteiger partial charge in [-0.2, -0.15) is 0 Å². The summed E-state index contributed by atoms with van der Waals surface area (Å²) in [6.45, 7) is -3.18. The van der Waals surface area contributed by atoms with Crippen LogP contribution in [-0.4, -0.2) is 350 Å². The molecular formula is C45H75N3O34. The second-order valence-corrected chi connectivity index (χ2v) is 20.4. The van der Waals surface area contributed by atoms with Crippen LogP contribution in [-0.2, 0) is 71.3 Å². The first-order chi connectivity index (χ1) is 38.6. The minimum absolute atomic E-state index is 0.830. The van der Waals surface area contributed by atoms with Crippen LogP contribution in [0, 0.1) is 0 Å². The fraction of sp³-hybridized carbons (Fsp3) is 0.911. The van der Waals surface area contributed by atoms with Crippen LogP contribution in [0.15, 0.2) is 0 Å². The molecule has 0 bridgehead atoms. The molecule has 6 fully saturated rings. The summed E-state index contributed by atoms with van der Waals surface area (Å²) in [5.74, 6) is -7.85. The smallest absolute Gasteiger partial charge is 0.364 e. The summed E-state index contributed by atoms with van der Waals surface area (Å²) in [7, 11) is 0. The Morgan fingerprint density at radius 1 is 0.500 bits per heavy atom. The van der Waals surface area contributed by atoms with E-state index in [4.69, 9.17) is 52.1 Å². The van der Waals surface area contributed by atoms with Gasteiger partial charge in [-0.25, -0.2) is 4.79 Å². The highest BCUT2D eigenvalue weighted by Gasteiger charge is 2.61. The SMILES string of the molecule is CC(=O)N[C@H]1[C@H](OC[C@H]2OC(O)[C@H](NC(C)=O)[C@@H](O[C@@H]3O[C@H](CO)[C@H](O)[C@H](O[C@]4(C(=O)O)C[C@H](O)[C@@H](NC(C)=O)[C@H]([C@H](O)[C@H](O)CO)O4)[C@H]3O)[C@H]2O)O[C@H](CO)[C@H](O[C@@H]2O[C@H](CO)[C@H](O)[C@H](O[C@H]3O[C@H](CO)[C@H](O)[C@H](O)[C@H]3O)[C@H]2O)[C@@H]1O. The summed E-state index contributed by atoms with van der Waals surface area (Å²) < 4.78 is 62.5. The molecule has 0 aliphatic carbocycles. The van der Waals surface area contributed by atoms with Crippen LogP contribution in [0.5, 0.6) is 0 Å². The summed E-state index contributed by atoms with van der Waals surface area (Å²) in [6.07, 6.45) is -55.3. The number of aliphatic carboxylic acids is 1. The monoisotopic (exact) mass is 1200 g/mol. The number of carbonyl (C=O) groups is 4. The quantitative estimate of drug-likeness (QED) is 0.0479. The molecular weight excluding hydrogens is 1130 g/mol. The molecule has 6 aliphatic rings. The summed E-state index contributed by atoms with van der Waals surface area (Å²) in [5, 5.41) is 211. The summed E-state index contributed by atoms with van der Waals surface area (Å²) in [5.41, 5.74) is 0. The first-order valence-corrected chi connectivity index (χ1v) is 25.7. The van der Waals surface area contributed by atoms with Crippen LogP contribution < -0.4 is 16.0 Å². The van der Waals surface area contributed by atoms with E-state index in [1.165, 1.54) is 0 Å². The van der Waals surface area contributed by atoms with E-state index in [-0.39, 0.29) is 0 Å². The molecule has 6 heterocycles. The first-order valence-electron chi connectivity index (χ1n) is 25.7. The number of aliphatic hydroxyl groups excluding tert-OH is 18. The van der Waals surface area contributed by atoms with E-state index in [1.807, 2.05) is 0 Å². The fourth-order valence-electron chi connectivity index (χ4n) is 10.3. The van der Waals surface area contributed by atoms with Crippen molar-refractivity contribution in [2.45, 2.75) is 217 Å². The first kappa shape index (κ1) is 67.8. The Kier molecular flexibility index (Phi) is 23.9. The fourth-order valence-corrected chi connectivity index (χ4v) is 10.3. The number of hydrogen-bond donors (Lipinski definition) is 22. The number of hydrogen-bond acceptors (Lipinski definition) is 33. The van der Waals surface area contributed by atoms with Gasteiger partial charge in [0, 0.05) is 27.2 Å². The number of aliphatic hydroxyl groups is 18. The van der Waals surface area contributed by atoms with E-state index < -0.39 is 259 Å². The molecule has 0 spiro atoms. The van der Waals surface area contributed by atoms with E-state index >= 15 is 0 Å². The van der Waals surface area contributed by atoms with Gasteiger partial charge in [-0.05, 0) is 0 Å². The van der Waals surface area contributed by atoms with Gasteiger partial charge >= 0.3 is 5.97 Å². The summed E-state index contributed by atoms with van der Waals surface area (Å²) in [4.78, 5) is 50.1. The maximum Gasteiger partial charge on any atom is 0.364 e. The predicted octanol–water partition coefficient (Wildman–Crippen LogP) is -14.5. The maximum absolute atomic E-state index is 13.0. The molecule has 6 aliphatic heterocycles. The lowest BCUT2D eigenvalue weighted by molar-refractivity contribution is -0.382. The number of nitrogens with one attached hydrogen (secondary N) is 3. The lowest BCUT2D eigenvalue weighted by atomic mass is 9.88. The van der Waals surface area contributed by atoms with Gasteiger partial charge in [-0.15, -0.1) is 0 Å². The van der Waals surface area contributed by atoms with Crippen LogP contribution in [0.1, 0.15) is 27.2 Å². The van der Waals surface area contributed by atoms with E-state index in [2.05, 4.69) is 16.0 Å². The summed E-state index contributed by atoms with van der Waals surface area (Å²) >= 11 is 0. The Labute approximate surface area is 463 Å². The van der Waals surface area contributed by atoms with E-state index in [1.54, 1.807) is 0 Å². The van der Waals surface area contributed by atoms with Gasteiger partial charge in [0.2, 0.25) is 17.7 Å². The number of ether oxygens (including phenoxy) is 11. The molecule has 22 N–H and O–H groups in total. The second kappa shape index (κ2) is 28.9. The largest absolute Gasteiger partial charge is 0.477 e. The van der Waals surface area contributed by atoms with Crippen molar-refractivity contribution in [2.75, 3.05) is 39.6 Å². The molecule has 6 rings (SSSR count). The van der Waals surface area contributed by atoms with Gasteiger partial charge in [0.05, 0.1) is 51.8 Å². The molecule has 31 atom stereocenters. The zero-order valence-electron chi connectivity index (χ0n) is 43.9. The van der Waals surface area contributed by atoms with Gasteiger partial charge in [0.1, 0.15) is 140 Å². The molecule has 0 saturated carbocycles. The number of carboxylic acid groups (broad SMARTS) is 1. The van der Waals surface area contributed by atoms with E-state index in [0.717, 1.165) is 20.8 Å². The Morgan fingerprint density at radius 2 is 0.951 bits per heavy atom. The highest BCUT2D eigenvalue weighted by Crippen LogP contribution is 2.39. The lowest BCUT2D eigenvalue weighted by Gasteiger charge is -2.51. The van der Waals surface area contributed by atoms with Crippen LogP contribution in [0.2, 0.25) is 0 Å². The van der Waals surface area contributed by atoms with Crippen molar-refractivity contribution in [1.29, 1.82) is 0 Å².